The molecule has 0 bridgehead atoms. The molecular weight excluding hydrogens is 360 g/mol. The zero-order valence-electron chi connectivity index (χ0n) is 15.5. The maximum Gasteiger partial charge on any atom is 0.258 e. The Labute approximate surface area is 163 Å². The number of carbonyl (C=O) groups excluding carboxylic acids is 1. The van der Waals surface area contributed by atoms with Crippen molar-refractivity contribution in [3.63, 3.8) is 0 Å². The molecule has 0 aliphatic rings. The van der Waals surface area contributed by atoms with Crippen LogP contribution < -0.4 is 10.6 Å². The molecule has 27 heavy (non-hydrogen) atoms. The van der Waals surface area contributed by atoms with Crippen LogP contribution in [0.2, 0.25) is 5.02 Å². The Morgan fingerprint density at radius 1 is 1.04 bits per heavy atom. The van der Waals surface area contributed by atoms with Crippen molar-refractivity contribution in [2.45, 2.75) is 26.7 Å². The van der Waals surface area contributed by atoms with Gasteiger partial charge in [-0.25, -0.2) is 9.97 Å². The molecule has 5 nitrogen and oxygen atoms in total. The van der Waals surface area contributed by atoms with Crippen molar-refractivity contribution in [3.8, 4) is 0 Å². The minimum absolute atomic E-state index is 0.242. The van der Waals surface area contributed by atoms with Crippen LogP contribution in [0.25, 0.3) is 0 Å². The van der Waals surface area contributed by atoms with E-state index in [2.05, 4.69) is 34.4 Å². The lowest BCUT2D eigenvalue weighted by atomic mass is 10.0. The van der Waals surface area contributed by atoms with Crippen molar-refractivity contribution in [2.75, 3.05) is 10.6 Å². The standard InChI is InChI=1S/C21H21ClN4O/c1-13(2)17-6-4-5-7-18(17)25-20(27)15-11-23-21(24-12-15)26-19-10-16(22)9-8-14(19)3/h4-13H,1-3H3,(H,25,27)(H,23,24,26). The predicted octanol–water partition coefficient (Wildman–Crippen LogP) is 5.56. The molecule has 3 aromatic rings. The molecule has 1 heterocycles. The van der Waals surface area contributed by atoms with Gasteiger partial charge < -0.3 is 10.6 Å². The second-order valence-electron chi connectivity index (χ2n) is 6.58. The van der Waals surface area contributed by atoms with Gasteiger partial charge in [0.25, 0.3) is 5.91 Å². The van der Waals surface area contributed by atoms with Gasteiger partial charge in [0.05, 0.1) is 5.56 Å². The lowest BCUT2D eigenvalue weighted by molar-refractivity contribution is 0.102. The highest BCUT2D eigenvalue weighted by Gasteiger charge is 2.12. The minimum atomic E-state index is -0.242. The molecule has 2 aromatic carbocycles. The number of nitrogens with zero attached hydrogens (tertiary/aromatic N) is 2. The molecule has 0 atom stereocenters. The molecule has 0 aliphatic carbocycles. The second kappa shape index (κ2) is 8.18. The molecule has 3 rings (SSSR count). The molecule has 0 radical (unpaired) electrons. The largest absolute Gasteiger partial charge is 0.324 e. The highest BCUT2D eigenvalue weighted by Crippen LogP contribution is 2.25. The topological polar surface area (TPSA) is 66.9 Å². The maximum absolute atomic E-state index is 12.5. The Balaban J connectivity index is 1.74. The zero-order valence-corrected chi connectivity index (χ0v) is 16.2. The van der Waals surface area contributed by atoms with Gasteiger partial charge in [-0.1, -0.05) is 49.7 Å². The van der Waals surface area contributed by atoms with E-state index in [9.17, 15) is 4.79 Å². The predicted molar refractivity (Wildman–Crippen MR) is 110 cm³/mol. The van der Waals surface area contributed by atoms with Crippen LogP contribution in [0.5, 0.6) is 0 Å². The number of anilines is 3. The third-order valence-corrected chi connectivity index (χ3v) is 4.43. The molecule has 138 valence electrons. The minimum Gasteiger partial charge on any atom is -0.324 e. The molecule has 1 amide bonds. The first kappa shape index (κ1) is 18.9. The smallest absolute Gasteiger partial charge is 0.258 e. The number of hydrogen-bond donors (Lipinski definition) is 2. The van der Waals surface area contributed by atoms with Gasteiger partial charge >= 0.3 is 0 Å². The average Bonchev–Trinajstić information content (AvgIpc) is 2.65. The Bertz CT molecular complexity index is 955. The van der Waals surface area contributed by atoms with Crippen molar-refractivity contribution in [3.05, 3.63) is 76.6 Å². The third kappa shape index (κ3) is 4.63. The van der Waals surface area contributed by atoms with E-state index in [0.717, 1.165) is 22.5 Å². The molecule has 2 N–H and O–H groups in total. The summed E-state index contributed by atoms with van der Waals surface area (Å²) in [5, 5.41) is 6.68. The Kier molecular flexibility index (Phi) is 5.72. The van der Waals surface area contributed by atoms with E-state index in [4.69, 9.17) is 11.6 Å². The summed E-state index contributed by atoms with van der Waals surface area (Å²) in [5.41, 5.74) is 4.12. The summed E-state index contributed by atoms with van der Waals surface area (Å²) in [6.45, 7) is 6.14. The van der Waals surface area contributed by atoms with Crippen LogP contribution in [-0.2, 0) is 0 Å². The fourth-order valence-electron chi connectivity index (χ4n) is 2.67. The van der Waals surface area contributed by atoms with E-state index in [1.165, 1.54) is 12.4 Å². The number of amides is 1. The zero-order chi connectivity index (χ0) is 19.4. The first-order valence-corrected chi connectivity index (χ1v) is 9.07. The number of carbonyl (C=O) groups is 1. The highest BCUT2D eigenvalue weighted by atomic mass is 35.5. The Hall–Kier alpha value is -2.92. The molecule has 0 aliphatic heterocycles. The van der Waals surface area contributed by atoms with Crippen LogP contribution >= 0.6 is 11.6 Å². The van der Waals surface area contributed by atoms with Crippen molar-refractivity contribution in [2.24, 2.45) is 0 Å². The molecule has 0 saturated carbocycles. The molecular formula is C21H21ClN4O. The normalized spacial score (nSPS) is 10.7. The van der Waals surface area contributed by atoms with Gasteiger partial charge in [0.2, 0.25) is 5.95 Å². The van der Waals surface area contributed by atoms with Crippen LogP contribution in [0, 0.1) is 6.92 Å². The molecule has 6 heteroatoms. The van der Waals surface area contributed by atoms with Crippen LogP contribution in [0.15, 0.2) is 54.9 Å². The highest BCUT2D eigenvalue weighted by molar-refractivity contribution is 6.30. The van der Waals surface area contributed by atoms with E-state index in [1.54, 1.807) is 0 Å². The molecule has 0 unspecified atom stereocenters. The molecule has 0 spiro atoms. The number of para-hydroxylation sites is 1. The van der Waals surface area contributed by atoms with Crippen LogP contribution in [0.3, 0.4) is 0 Å². The quantitative estimate of drug-likeness (QED) is 0.608. The molecule has 0 fully saturated rings. The SMILES string of the molecule is Cc1ccc(Cl)cc1Nc1ncc(C(=O)Nc2ccccc2C(C)C)cn1. The van der Waals surface area contributed by atoms with Crippen molar-refractivity contribution < 1.29 is 4.79 Å². The summed E-state index contributed by atoms with van der Waals surface area (Å²) >= 11 is 6.03. The van der Waals surface area contributed by atoms with Gasteiger partial charge in [0.1, 0.15) is 0 Å². The van der Waals surface area contributed by atoms with E-state index in [0.29, 0.717) is 22.5 Å². The summed E-state index contributed by atoms with van der Waals surface area (Å²) in [6, 6.07) is 13.3. The number of halogens is 1. The molecule has 0 saturated heterocycles. The lowest BCUT2D eigenvalue weighted by Crippen LogP contribution is -2.14. The van der Waals surface area contributed by atoms with Gasteiger partial charge in [0, 0.05) is 28.8 Å². The number of nitrogens with one attached hydrogen (secondary N) is 2. The Morgan fingerprint density at radius 3 is 2.44 bits per heavy atom. The fourth-order valence-corrected chi connectivity index (χ4v) is 2.84. The monoisotopic (exact) mass is 380 g/mol. The van der Waals surface area contributed by atoms with E-state index >= 15 is 0 Å². The van der Waals surface area contributed by atoms with Crippen molar-refractivity contribution in [1.29, 1.82) is 0 Å². The molecule has 1 aromatic heterocycles. The second-order valence-corrected chi connectivity index (χ2v) is 7.01. The van der Waals surface area contributed by atoms with Crippen molar-refractivity contribution >= 4 is 34.8 Å². The average molecular weight is 381 g/mol. The summed E-state index contributed by atoms with van der Waals surface area (Å²) in [7, 11) is 0. The summed E-state index contributed by atoms with van der Waals surface area (Å²) in [5.74, 6) is 0.471. The first-order valence-electron chi connectivity index (χ1n) is 8.69. The Morgan fingerprint density at radius 2 is 1.74 bits per heavy atom. The van der Waals surface area contributed by atoms with Gasteiger partial charge in [-0.15, -0.1) is 0 Å². The number of aryl methyl sites for hydroxylation is 1. The van der Waals surface area contributed by atoms with Gasteiger partial charge in [-0.05, 0) is 42.2 Å². The van der Waals surface area contributed by atoms with E-state index in [1.807, 2.05) is 49.4 Å². The fraction of sp³-hybridized carbons (Fsp3) is 0.190. The van der Waals surface area contributed by atoms with Crippen LogP contribution in [0.1, 0.15) is 41.3 Å². The first-order chi connectivity index (χ1) is 12.9. The van der Waals surface area contributed by atoms with Crippen molar-refractivity contribution in [1.82, 2.24) is 9.97 Å². The van der Waals surface area contributed by atoms with Gasteiger partial charge in [-0.3, -0.25) is 4.79 Å². The number of aromatic nitrogens is 2. The van der Waals surface area contributed by atoms with Crippen LogP contribution in [-0.4, -0.2) is 15.9 Å². The number of benzene rings is 2. The van der Waals surface area contributed by atoms with Gasteiger partial charge in [-0.2, -0.15) is 0 Å². The lowest BCUT2D eigenvalue weighted by Gasteiger charge is -2.13. The maximum atomic E-state index is 12.5. The number of hydrogen-bond acceptors (Lipinski definition) is 4. The van der Waals surface area contributed by atoms with Gasteiger partial charge in [0.15, 0.2) is 0 Å². The summed E-state index contributed by atoms with van der Waals surface area (Å²) < 4.78 is 0. The number of rotatable bonds is 5. The van der Waals surface area contributed by atoms with Crippen LogP contribution in [0.4, 0.5) is 17.3 Å². The van der Waals surface area contributed by atoms with E-state index < -0.39 is 0 Å². The summed E-state index contributed by atoms with van der Waals surface area (Å²) in [4.78, 5) is 21.0. The third-order valence-electron chi connectivity index (χ3n) is 4.19. The van der Waals surface area contributed by atoms with E-state index in [-0.39, 0.29) is 5.91 Å². The summed E-state index contributed by atoms with van der Waals surface area (Å²) in [6.07, 6.45) is 3.01.